The van der Waals surface area contributed by atoms with Gasteiger partial charge in [0.25, 0.3) is 0 Å². The molecule has 0 saturated carbocycles. The van der Waals surface area contributed by atoms with Crippen LogP contribution >= 0.6 is 0 Å². The third-order valence-corrected chi connectivity index (χ3v) is 2.82. The van der Waals surface area contributed by atoms with Gasteiger partial charge in [0.15, 0.2) is 0 Å². The lowest BCUT2D eigenvalue weighted by Gasteiger charge is -2.28. The van der Waals surface area contributed by atoms with E-state index >= 15 is 0 Å². The summed E-state index contributed by atoms with van der Waals surface area (Å²) in [5, 5.41) is 0. The molecule has 1 unspecified atom stereocenters. The Hall–Kier alpha value is -0.520. The maximum absolute atomic E-state index is 3.77. The van der Waals surface area contributed by atoms with E-state index in [0.29, 0.717) is 0 Å². The minimum Gasteiger partial charge on any atom is -0.103 e. The molecule has 0 amide bonds. The molecular formula is C10H14. The van der Waals surface area contributed by atoms with Crippen molar-refractivity contribution in [3.63, 3.8) is 0 Å². The molecule has 0 aromatic rings. The van der Waals surface area contributed by atoms with Crippen LogP contribution in [0.15, 0.2) is 23.8 Å². The summed E-state index contributed by atoms with van der Waals surface area (Å²) in [6.45, 7) is 3.77. The number of rotatable bonds is 2. The van der Waals surface area contributed by atoms with E-state index in [1.165, 1.54) is 32.1 Å². The summed E-state index contributed by atoms with van der Waals surface area (Å²) >= 11 is 0. The van der Waals surface area contributed by atoms with Crippen LogP contribution in [0.25, 0.3) is 0 Å². The van der Waals surface area contributed by atoms with Crippen molar-refractivity contribution in [2.75, 3.05) is 0 Å². The lowest BCUT2D eigenvalue weighted by molar-refractivity contribution is 0.538. The first-order valence-corrected chi connectivity index (χ1v) is 4.23. The van der Waals surface area contributed by atoms with Crippen LogP contribution in [-0.2, 0) is 0 Å². The van der Waals surface area contributed by atoms with Crippen LogP contribution in [0, 0.1) is 5.92 Å². The molecule has 0 aliphatic heterocycles. The Labute approximate surface area is 62.6 Å². The lowest BCUT2D eigenvalue weighted by atomic mass is 9.77. The average Bonchev–Trinajstić information content (AvgIpc) is 2.26. The second kappa shape index (κ2) is 2.26. The van der Waals surface area contributed by atoms with Crippen molar-refractivity contribution >= 4 is 0 Å². The first-order chi connectivity index (χ1) is 4.92. The summed E-state index contributed by atoms with van der Waals surface area (Å²) in [6.07, 6.45) is 8.90. The monoisotopic (exact) mass is 134 g/mol. The van der Waals surface area contributed by atoms with Crippen molar-refractivity contribution in [1.82, 2.24) is 0 Å². The van der Waals surface area contributed by atoms with Crippen LogP contribution in [-0.4, -0.2) is 0 Å². The van der Waals surface area contributed by atoms with Crippen LogP contribution < -0.4 is 0 Å². The molecule has 0 radical (unpaired) electrons. The van der Waals surface area contributed by atoms with Gasteiger partial charge in [-0.25, -0.2) is 0 Å². The molecule has 0 aromatic heterocycles. The number of hydrogen-bond donors (Lipinski definition) is 0. The van der Waals surface area contributed by atoms with Crippen molar-refractivity contribution in [2.45, 2.75) is 32.1 Å². The highest BCUT2D eigenvalue weighted by atomic mass is 14.4. The molecule has 54 valence electrons. The third kappa shape index (κ3) is 0.749. The normalized spacial score (nSPS) is 29.8. The van der Waals surface area contributed by atoms with E-state index in [0.717, 1.165) is 5.92 Å². The van der Waals surface area contributed by atoms with Gasteiger partial charge in [0.05, 0.1) is 0 Å². The van der Waals surface area contributed by atoms with Crippen molar-refractivity contribution in [3.05, 3.63) is 23.8 Å². The van der Waals surface area contributed by atoms with Gasteiger partial charge in [0.2, 0.25) is 0 Å². The summed E-state index contributed by atoms with van der Waals surface area (Å²) in [6, 6.07) is 0. The van der Waals surface area contributed by atoms with E-state index in [-0.39, 0.29) is 0 Å². The Balaban J connectivity index is 2.02. The van der Waals surface area contributed by atoms with Gasteiger partial charge in [0, 0.05) is 0 Å². The SMILES string of the molecule is C=CCC1CC2=C1CCC2. The fraction of sp³-hybridized carbons (Fsp3) is 0.600. The average molecular weight is 134 g/mol. The first-order valence-electron chi connectivity index (χ1n) is 4.23. The first kappa shape index (κ1) is 6.21. The van der Waals surface area contributed by atoms with Crippen LogP contribution in [0.3, 0.4) is 0 Å². The van der Waals surface area contributed by atoms with Gasteiger partial charge in [0.1, 0.15) is 0 Å². The molecule has 0 heterocycles. The summed E-state index contributed by atoms with van der Waals surface area (Å²) < 4.78 is 0. The van der Waals surface area contributed by atoms with Crippen LogP contribution in [0.1, 0.15) is 32.1 Å². The minimum atomic E-state index is 0.912. The molecule has 1 atom stereocenters. The van der Waals surface area contributed by atoms with E-state index in [1.54, 1.807) is 11.1 Å². The minimum absolute atomic E-state index is 0.912. The number of allylic oxidation sites excluding steroid dienone is 3. The van der Waals surface area contributed by atoms with E-state index in [1.807, 2.05) is 0 Å². The Kier molecular flexibility index (Phi) is 1.40. The Morgan fingerprint density at radius 3 is 3.10 bits per heavy atom. The molecular weight excluding hydrogens is 120 g/mol. The predicted octanol–water partition coefficient (Wildman–Crippen LogP) is 3.06. The Morgan fingerprint density at radius 1 is 1.50 bits per heavy atom. The van der Waals surface area contributed by atoms with E-state index in [9.17, 15) is 0 Å². The highest BCUT2D eigenvalue weighted by Crippen LogP contribution is 2.46. The molecule has 0 nitrogen and oxygen atoms in total. The molecule has 0 heteroatoms. The topological polar surface area (TPSA) is 0 Å². The van der Waals surface area contributed by atoms with Gasteiger partial charge in [-0.1, -0.05) is 17.2 Å². The van der Waals surface area contributed by atoms with Gasteiger partial charge >= 0.3 is 0 Å². The van der Waals surface area contributed by atoms with Crippen molar-refractivity contribution < 1.29 is 0 Å². The van der Waals surface area contributed by atoms with Crippen molar-refractivity contribution in [3.8, 4) is 0 Å². The van der Waals surface area contributed by atoms with E-state index in [4.69, 9.17) is 0 Å². The standard InChI is InChI=1S/C10H14/c1-2-4-8-7-9-5-3-6-10(8)9/h2,8H,1,3-7H2. The molecule has 0 bridgehead atoms. The number of hydrogen-bond acceptors (Lipinski definition) is 0. The second-order valence-electron chi connectivity index (χ2n) is 3.41. The Morgan fingerprint density at radius 2 is 2.40 bits per heavy atom. The van der Waals surface area contributed by atoms with E-state index in [2.05, 4.69) is 12.7 Å². The summed E-state index contributed by atoms with van der Waals surface area (Å²) in [5.74, 6) is 0.912. The molecule has 2 aliphatic rings. The largest absolute Gasteiger partial charge is 0.103 e. The zero-order valence-corrected chi connectivity index (χ0v) is 6.40. The quantitative estimate of drug-likeness (QED) is 0.509. The zero-order valence-electron chi connectivity index (χ0n) is 6.40. The van der Waals surface area contributed by atoms with Crippen LogP contribution in [0.2, 0.25) is 0 Å². The van der Waals surface area contributed by atoms with Gasteiger partial charge in [-0.05, 0) is 38.0 Å². The van der Waals surface area contributed by atoms with Gasteiger partial charge in [-0.3, -0.25) is 0 Å². The molecule has 2 aliphatic carbocycles. The maximum Gasteiger partial charge on any atom is -0.0129 e. The molecule has 0 aromatic carbocycles. The second-order valence-corrected chi connectivity index (χ2v) is 3.41. The fourth-order valence-electron chi connectivity index (χ4n) is 2.27. The van der Waals surface area contributed by atoms with Crippen molar-refractivity contribution in [1.29, 1.82) is 0 Å². The van der Waals surface area contributed by atoms with Gasteiger partial charge in [-0.15, -0.1) is 6.58 Å². The molecule has 2 rings (SSSR count). The summed E-state index contributed by atoms with van der Waals surface area (Å²) in [7, 11) is 0. The van der Waals surface area contributed by atoms with Crippen molar-refractivity contribution in [2.24, 2.45) is 5.92 Å². The molecule has 0 N–H and O–H groups in total. The van der Waals surface area contributed by atoms with E-state index < -0.39 is 0 Å². The van der Waals surface area contributed by atoms with Crippen LogP contribution in [0.4, 0.5) is 0 Å². The third-order valence-electron chi connectivity index (χ3n) is 2.82. The molecule has 0 saturated heterocycles. The van der Waals surface area contributed by atoms with Crippen LogP contribution in [0.5, 0.6) is 0 Å². The maximum atomic E-state index is 3.77. The smallest absolute Gasteiger partial charge is 0.0129 e. The lowest BCUT2D eigenvalue weighted by Crippen LogP contribution is -2.13. The summed E-state index contributed by atoms with van der Waals surface area (Å²) in [5.41, 5.74) is 3.58. The van der Waals surface area contributed by atoms with Gasteiger partial charge in [-0.2, -0.15) is 0 Å². The van der Waals surface area contributed by atoms with Gasteiger partial charge < -0.3 is 0 Å². The highest BCUT2D eigenvalue weighted by Gasteiger charge is 2.30. The zero-order chi connectivity index (χ0) is 6.97. The molecule has 10 heavy (non-hydrogen) atoms. The Bertz CT molecular complexity index is 186. The molecule has 0 fully saturated rings. The fourth-order valence-corrected chi connectivity index (χ4v) is 2.27. The highest BCUT2D eigenvalue weighted by molar-refractivity contribution is 5.32. The predicted molar refractivity (Wildman–Crippen MR) is 43.8 cm³/mol. The molecule has 0 spiro atoms. The summed E-state index contributed by atoms with van der Waals surface area (Å²) in [4.78, 5) is 0.